The van der Waals surface area contributed by atoms with Crippen molar-refractivity contribution in [2.45, 2.75) is 45.6 Å². The molecule has 0 heterocycles. The Balaban J connectivity index is 2.44. The van der Waals surface area contributed by atoms with E-state index in [1.807, 2.05) is 0 Å². The van der Waals surface area contributed by atoms with Gasteiger partial charge in [-0.05, 0) is 45.2 Å². The summed E-state index contributed by atoms with van der Waals surface area (Å²) in [6, 6.07) is 0.853. The molecule has 1 unspecified atom stereocenters. The van der Waals surface area contributed by atoms with E-state index in [1.165, 1.54) is 25.7 Å². The zero-order valence-electron chi connectivity index (χ0n) is 9.01. The van der Waals surface area contributed by atoms with Gasteiger partial charge in [0.05, 0.1) is 0 Å². The van der Waals surface area contributed by atoms with Gasteiger partial charge in [0.1, 0.15) is 0 Å². The van der Waals surface area contributed by atoms with Gasteiger partial charge in [0.15, 0.2) is 0 Å². The maximum absolute atomic E-state index is 2.42. The van der Waals surface area contributed by atoms with Gasteiger partial charge in [0, 0.05) is 6.04 Å². The quantitative estimate of drug-likeness (QED) is 0.614. The average Bonchev–Trinajstić information content (AvgIpc) is 2.05. The van der Waals surface area contributed by atoms with E-state index >= 15 is 0 Å². The number of nitrogens with zero attached hydrogens (tertiary/aromatic N) is 1. The monoisotopic (exact) mass is 169 g/mol. The summed E-state index contributed by atoms with van der Waals surface area (Å²) in [6.45, 7) is 4.75. The summed E-state index contributed by atoms with van der Waals surface area (Å²) in [5.74, 6) is 1.94. The Hall–Kier alpha value is -0.0400. The molecule has 72 valence electrons. The highest BCUT2D eigenvalue weighted by Crippen LogP contribution is 2.33. The Morgan fingerprint density at radius 2 is 1.92 bits per heavy atom. The Bertz CT molecular complexity index is 131. The van der Waals surface area contributed by atoms with E-state index in [-0.39, 0.29) is 0 Å². The maximum atomic E-state index is 2.42. The molecule has 0 bridgehead atoms. The van der Waals surface area contributed by atoms with Crippen LogP contribution in [0, 0.1) is 11.8 Å². The standard InChI is InChI=1S/C11H23N/c1-5-10-8-11(12(3)4)7-6-9(10)2/h9-11H,5-8H2,1-4H3/t9-,10?,11+/m0/s1. The fourth-order valence-electron chi connectivity index (χ4n) is 2.43. The molecule has 0 saturated heterocycles. The first kappa shape index (κ1) is 10.0. The summed E-state index contributed by atoms with van der Waals surface area (Å²) in [5, 5.41) is 0. The van der Waals surface area contributed by atoms with Gasteiger partial charge >= 0.3 is 0 Å². The SMILES string of the molecule is CCC1C[C@H](N(C)C)CC[C@@H]1C. The third-order valence-electron chi connectivity index (χ3n) is 3.59. The van der Waals surface area contributed by atoms with Crippen molar-refractivity contribution in [3.05, 3.63) is 0 Å². The van der Waals surface area contributed by atoms with Crippen molar-refractivity contribution in [2.75, 3.05) is 14.1 Å². The second kappa shape index (κ2) is 4.27. The summed E-state index contributed by atoms with van der Waals surface area (Å²) in [6.07, 6.45) is 5.63. The van der Waals surface area contributed by atoms with Crippen molar-refractivity contribution in [3.8, 4) is 0 Å². The topological polar surface area (TPSA) is 3.24 Å². The van der Waals surface area contributed by atoms with Gasteiger partial charge in [0.2, 0.25) is 0 Å². The normalized spacial score (nSPS) is 37.2. The maximum Gasteiger partial charge on any atom is 0.00920 e. The number of hydrogen-bond donors (Lipinski definition) is 0. The molecule has 12 heavy (non-hydrogen) atoms. The second-order valence-corrected chi connectivity index (χ2v) is 4.58. The van der Waals surface area contributed by atoms with Gasteiger partial charge in [-0.25, -0.2) is 0 Å². The first-order chi connectivity index (χ1) is 5.65. The lowest BCUT2D eigenvalue weighted by molar-refractivity contribution is 0.140. The molecule has 1 aliphatic carbocycles. The van der Waals surface area contributed by atoms with E-state index < -0.39 is 0 Å². The third kappa shape index (κ3) is 2.22. The zero-order chi connectivity index (χ0) is 9.14. The van der Waals surface area contributed by atoms with Crippen molar-refractivity contribution in [3.63, 3.8) is 0 Å². The average molecular weight is 169 g/mol. The molecule has 3 atom stereocenters. The minimum absolute atomic E-state index is 0.853. The van der Waals surface area contributed by atoms with Gasteiger partial charge in [-0.3, -0.25) is 0 Å². The predicted octanol–water partition coefficient (Wildman–Crippen LogP) is 2.76. The van der Waals surface area contributed by atoms with Crippen LogP contribution in [0.2, 0.25) is 0 Å². The first-order valence-corrected chi connectivity index (χ1v) is 5.31. The molecule has 0 aromatic heterocycles. The molecular weight excluding hydrogens is 146 g/mol. The Morgan fingerprint density at radius 3 is 2.42 bits per heavy atom. The van der Waals surface area contributed by atoms with Crippen LogP contribution in [0.3, 0.4) is 0 Å². The lowest BCUT2D eigenvalue weighted by Gasteiger charge is -2.37. The van der Waals surface area contributed by atoms with Gasteiger partial charge < -0.3 is 4.90 Å². The molecule has 1 rings (SSSR count). The van der Waals surface area contributed by atoms with Crippen LogP contribution in [-0.2, 0) is 0 Å². The summed E-state index contributed by atoms with van der Waals surface area (Å²) in [5.41, 5.74) is 0. The Labute approximate surface area is 77.1 Å². The largest absolute Gasteiger partial charge is 0.306 e. The smallest absolute Gasteiger partial charge is 0.00920 e. The third-order valence-corrected chi connectivity index (χ3v) is 3.59. The van der Waals surface area contributed by atoms with Crippen molar-refractivity contribution in [1.29, 1.82) is 0 Å². The molecule has 0 aliphatic heterocycles. The first-order valence-electron chi connectivity index (χ1n) is 5.31. The molecule has 0 amide bonds. The highest BCUT2D eigenvalue weighted by atomic mass is 15.1. The van der Waals surface area contributed by atoms with Gasteiger partial charge in [0.25, 0.3) is 0 Å². The van der Waals surface area contributed by atoms with E-state index in [9.17, 15) is 0 Å². The van der Waals surface area contributed by atoms with E-state index in [4.69, 9.17) is 0 Å². The Kier molecular flexibility index (Phi) is 3.57. The van der Waals surface area contributed by atoms with Crippen LogP contribution in [0.5, 0.6) is 0 Å². The molecule has 1 aliphatic rings. The van der Waals surface area contributed by atoms with Crippen LogP contribution in [0.1, 0.15) is 39.5 Å². The Morgan fingerprint density at radius 1 is 1.25 bits per heavy atom. The van der Waals surface area contributed by atoms with Crippen molar-refractivity contribution in [2.24, 2.45) is 11.8 Å². The lowest BCUT2D eigenvalue weighted by Crippen LogP contribution is -2.35. The highest BCUT2D eigenvalue weighted by molar-refractivity contribution is 4.80. The predicted molar refractivity (Wildman–Crippen MR) is 54.3 cm³/mol. The molecule has 1 nitrogen and oxygen atoms in total. The molecule has 0 aromatic carbocycles. The summed E-state index contributed by atoms with van der Waals surface area (Å²) in [4.78, 5) is 2.40. The molecule has 1 saturated carbocycles. The minimum atomic E-state index is 0.853. The molecule has 1 heteroatoms. The minimum Gasteiger partial charge on any atom is -0.306 e. The summed E-state index contributed by atoms with van der Waals surface area (Å²) < 4.78 is 0. The van der Waals surface area contributed by atoms with Crippen LogP contribution >= 0.6 is 0 Å². The van der Waals surface area contributed by atoms with Crippen LogP contribution in [0.25, 0.3) is 0 Å². The van der Waals surface area contributed by atoms with Gasteiger partial charge in [-0.2, -0.15) is 0 Å². The van der Waals surface area contributed by atoms with Crippen LogP contribution < -0.4 is 0 Å². The molecule has 0 spiro atoms. The van der Waals surface area contributed by atoms with Crippen molar-refractivity contribution >= 4 is 0 Å². The van der Waals surface area contributed by atoms with Crippen LogP contribution in [-0.4, -0.2) is 25.0 Å². The van der Waals surface area contributed by atoms with Crippen LogP contribution in [0.4, 0.5) is 0 Å². The lowest BCUT2D eigenvalue weighted by atomic mass is 9.76. The van der Waals surface area contributed by atoms with E-state index in [2.05, 4.69) is 32.8 Å². The van der Waals surface area contributed by atoms with Gasteiger partial charge in [-0.15, -0.1) is 0 Å². The van der Waals surface area contributed by atoms with E-state index in [0.717, 1.165) is 17.9 Å². The zero-order valence-corrected chi connectivity index (χ0v) is 9.01. The fraction of sp³-hybridized carbons (Fsp3) is 1.00. The van der Waals surface area contributed by atoms with E-state index in [1.54, 1.807) is 0 Å². The fourth-order valence-corrected chi connectivity index (χ4v) is 2.43. The summed E-state index contributed by atoms with van der Waals surface area (Å²) >= 11 is 0. The molecule has 0 aromatic rings. The number of rotatable bonds is 2. The highest BCUT2D eigenvalue weighted by Gasteiger charge is 2.27. The molecular formula is C11H23N. The van der Waals surface area contributed by atoms with Crippen molar-refractivity contribution < 1.29 is 0 Å². The number of hydrogen-bond acceptors (Lipinski definition) is 1. The summed E-state index contributed by atoms with van der Waals surface area (Å²) in [7, 11) is 4.43. The second-order valence-electron chi connectivity index (χ2n) is 4.58. The van der Waals surface area contributed by atoms with Gasteiger partial charge in [-0.1, -0.05) is 20.3 Å². The van der Waals surface area contributed by atoms with E-state index in [0.29, 0.717) is 0 Å². The van der Waals surface area contributed by atoms with Crippen molar-refractivity contribution in [1.82, 2.24) is 4.90 Å². The molecule has 1 fully saturated rings. The van der Waals surface area contributed by atoms with Crippen LogP contribution in [0.15, 0.2) is 0 Å². The molecule has 0 N–H and O–H groups in total. The molecule has 0 radical (unpaired) electrons.